The Bertz CT molecular complexity index is 1270. The lowest BCUT2D eigenvalue weighted by Crippen LogP contribution is -2.55. The Morgan fingerprint density at radius 3 is 1.58 bits per heavy atom. The SMILES string of the molecule is COc1cc(C)c(C)cc1S(=O)(=O)N1CCN(S(=O)(=O)c2cc(C)c(C)cc2OC)[C@H](C)C1. The van der Waals surface area contributed by atoms with Crippen LogP contribution in [0.4, 0.5) is 0 Å². The van der Waals surface area contributed by atoms with Crippen LogP contribution in [0.3, 0.4) is 0 Å². The predicted octanol–water partition coefficient (Wildman–Crippen LogP) is 3.02. The van der Waals surface area contributed by atoms with Gasteiger partial charge >= 0.3 is 0 Å². The lowest BCUT2D eigenvalue weighted by molar-refractivity contribution is 0.212. The quantitative estimate of drug-likeness (QED) is 0.610. The third-order valence-electron chi connectivity index (χ3n) is 6.29. The summed E-state index contributed by atoms with van der Waals surface area (Å²) in [5.74, 6) is 0.556. The fourth-order valence-corrected chi connectivity index (χ4v) is 7.57. The van der Waals surface area contributed by atoms with Crippen LogP contribution >= 0.6 is 0 Å². The highest BCUT2D eigenvalue weighted by Crippen LogP contribution is 2.34. The Balaban J connectivity index is 1.93. The standard InChI is InChI=1S/C23H32N2O6S2/c1-15-10-20(30-6)22(12-17(15)3)32(26,27)24-8-9-25(19(5)14-24)33(28,29)23-13-18(4)16(2)11-21(23)31-7/h10-13,19H,8-9,14H2,1-7H3/t19-/m1/s1. The zero-order valence-electron chi connectivity index (χ0n) is 20.2. The largest absolute Gasteiger partial charge is 0.495 e. The molecule has 1 atom stereocenters. The van der Waals surface area contributed by atoms with Crippen molar-refractivity contribution in [1.82, 2.24) is 8.61 Å². The minimum atomic E-state index is -3.89. The number of ether oxygens (including phenoxy) is 2. The number of benzene rings is 2. The summed E-state index contributed by atoms with van der Waals surface area (Å²) in [6, 6.07) is 6.07. The second kappa shape index (κ2) is 9.25. The van der Waals surface area contributed by atoms with Crippen molar-refractivity contribution in [2.24, 2.45) is 0 Å². The van der Waals surface area contributed by atoms with Gasteiger partial charge in [-0.1, -0.05) is 0 Å². The molecule has 0 saturated carbocycles. The summed E-state index contributed by atoms with van der Waals surface area (Å²) >= 11 is 0. The van der Waals surface area contributed by atoms with Gasteiger partial charge in [-0.25, -0.2) is 16.8 Å². The molecular weight excluding hydrogens is 464 g/mol. The van der Waals surface area contributed by atoms with E-state index in [0.29, 0.717) is 0 Å². The molecule has 1 fully saturated rings. The van der Waals surface area contributed by atoms with Crippen molar-refractivity contribution in [3.63, 3.8) is 0 Å². The lowest BCUT2D eigenvalue weighted by Gasteiger charge is -2.38. The zero-order valence-corrected chi connectivity index (χ0v) is 21.8. The summed E-state index contributed by atoms with van der Waals surface area (Å²) in [6.45, 7) is 9.29. The average Bonchev–Trinajstić information content (AvgIpc) is 2.76. The molecule has 0 radical (unpaired) electrons. The minimum Gasteiger partial charge on any atom is -0.495 e. The Kier molecular flexibility index (Phi) is 7.14. The third-order valence-corrected chi connectivity index (χ3v) is 10.2. The Morgan fingerprint density at radius 1 is 0.727 bits per heavy atom. The first-order chi connectivity index (χ1) is 15.3. The molecule has 0 bridgehead atoms. The van der Waals surface area contributed by atoms with Gasteiger partial charge in [0.1, 0.15) is 21.3 Å². The minimum absolute atomic E-state index is 0.0325. The molecule has 0 aliphatic carbocycles. The predicted molar refractivity (Wildman–Crippen MR) is 127 cm³/mol. The number of hydrogen-bond donors (Lipinski definition) is 0. The fraction of sp³-hybridized carbons (Fsp3) is 0.478. The molecule has 182 valence electrons. The highest BCUT2D eigenvalue weighted by molar-refractivity contribution is 7.89. The highest BCUT2D eigenvalue weighted by Gasteiger charge is 2.40. The van der Waals surface area contributed by atoms with Crippen molar-refractivity contribution < 1.29 is 26.3 Å². The molecule has 1 aliphatic heterocycles. The number of sulfonamides is 2. The van der Waals surface area contributed by atoms with Crippen molar-refractivity contribution in [2.75, 3.05) is 33.9 Å². The maximum Gasteiger partial charge on any atom is 0.247 e. The second-order valence-corrected chi connectivity index (χ2v) is 12.3. The zero-order chi connectivity index (χ0) is 24.7. The first-order valence-corrected chi connectivity index (χ1v) is 13.5. The van der Waals surface area contributed by atoms with Crippen LogP contribution in [0.25, 0.3) is 0 Å². The van der Waals surface area contributed by atoms with Crippen LogP contribution in [-0.2, 0) is 20.0 Å². The van der Waals surface area contributed by atoms with E-state index >= 15 is 0 Å². The Hall–Kier alpha value is -2.14. The molecule has 2 aromatic rings. The van der Waals surface area contributed by atoms with E-state index in [-0.39, 0.29) is 40.9 Å². The molecule has 33 heavy (non-hydrogen) atoms. The number of aryl methyl sites for hydroxylation is 4. The third kappa shape index (κ3) is 4.62. The van der Waals surface area contributed by atoms with Crippen LogP contribution in [0.2, 0.25) is 0 Å². The van der Waals surface area contributed by atoms with Crippen LogP contribution in [-0.4, -0.2) is 65.3 Å². The van der Waals surface area contributed by atoms with E-state index in [1.54, 1.807) is 31.2 Å². The molecule has 0 N–H and O–H groups in total. The van der Waals surface area contributed by atoms with Gasteiger partial charge < -0.3 is 9.47 Å². The van der Waals surface area contributed by atoms with E-state index < -0.39 is 26.1 Å². The number of rotatable bonds is 6. The number of hydrogen-bond acceptors (Lipinski definition) is 6. The molecule has 0 unspecified atom stereocenters. The molecule has 10 heteroatoms. The van der Waals surface area contributed by atoms with Crippen LogP contribution in [0.1, 0.15) is 29.2 Å². The van der Waals surface area contributed by atoms with Gasteiger partial charge in [0.25, 0.3) is 0 Å². The molecule has 8 nitrogen and oxygen atoms in total. The summed E-state index contributed by atoms with van der Waals surface area (Å²) in [5.41, 5.74) is 3.53. The summed E-state index contributed by atoms with van der Waals surface area (Å²) in [5, 5.41) is 0. The van der Waals surface area contributed by atoms with Crippen molar-refractivity contribution in [3.05, 3.63) is 46.5 Å². The van der Waals surface area contributed by atoms with E-state index in [1.165, 1.54) is 22.8 Å². The van der Waals surface area contributed by atoms with Crippen molar-refractivity contribution in [3.8, 4) is 11.5 Å². The summed E-state index contributed by atoms with van der Waals surface area (Å²) < 4.78 is 67.3. The maximum absolute atomic E-state index is 13.5. The molecule has 0 amide bonds. The van der Waals surface area contributed by atoms with Crippen LogP contribution in [0.15, 0.2) is 34.1 Å². The van der Waals surface area contributed by atoms with E-state index in [0.717, 1.165) is 22.3 Å². The van der Waals surface area contributed by atoms with Gasteiger partial charge in [-0.2, -0.15) is 8.61 Å². The molecule has 0 spiro atoms. The monoisotopic (exact) mass is 496 g/mol. The van der Waals surface area contributed by atoms with Crippen molar-refractivity contribution in [1.29, 1.82) is 0 Å². The van der Waals surface area contributed by atoms with Gasteiger partial charge in [0.2, 0.25) is 20.0 Å². The second-order valence-electron chi connectivity index (χ2n) is 8.50. The normalized spacial score (nSPS) is 18.3. The summed E-state index contributed by atoms with van der Waals surface area (Å²) in [4.78, 5) is 0.180. The van der Waals surface area contributed by atoms with Gasteiger partial charge in [0.05, 0.1) is 14.2 Å². The lowest BCUT2D eigenvalue weighted by atomic mass is 10.1. The fourth-order valence-electron chi connectivity index (χ4n) is 4.00. The Labute approximate surface area is 197 Å². The molecular formula is C23H32N2O6S2. The van der Waals surface area contributed by atoms with Gasteiger partial charge in [0.15, 0.2) is 0 Å². The molecule has 1 aliphatic rings. The Morgan fingerprint density at radius 2 is 1.15 bits per heavy atom. The molecule has 1 heterocycles. The molecule has 3 rings (SSSR count). The van der Waals surface area contributed by atoms with Gasteiger partial charge in [-0.3, -0.25) is 0 Å². The number of nitrogens with zero attached hydrogens (tertiary/aromatic N) is 2. The molecule has 0 aromatic heterocycles. The van der Waals surface area contributed by atoms with Crippen LogP contribution in [0, 0.1) is 27.7 Å². The van der Waals surface area contributed by atoms with Gasteiger partial charge in [-0.15, -0.1) is 0 Å². The topological polar surface area (TPSA) is 93.2 Å². The van der Waals surface area contributed by atoms with E-state index in [4.69, 9.17) is 9.47 Å². The molecule has 1 saturated heterocycles. The first kappa shape index (κ1) is 25.5. The van der Waals surface area contributed by atoms with Crippen molar-refractivity contribution >= 4 is 20.0 Å². The van der Waals surface area contributed by atoms with E-state index in [9.17, 15) is 16.8 Å². The van der Waals surface area contributed by atoms with E-state index in [1.807, 2.05) is 27.7 Å². The highest BCUT2D eigenvalue weighted by atomic mass is 32.2. The maximum atomic E-state index is 13.5. The first-order valence-electron chi connectivity index (χ1n) is 10.7. The van der Waals surface area contributed by atoms with Gasteiger partial charge in [-0.05, 0) is 81.1 Å². The number of piperazine rings is 1. The number of methoxy groups -OCH3 is 2. The summed E-state index contributed by atoms with van der Waals surface area (Å²) in [7, 11) is -4.89. The van der Waals surface area contributed by atoms with Crippen molar-refractivity contribution in [2.45, 2.75) is 50.5 Å². The van der Waals surface area contributed by atoms with E-state index in [2.05, 4.69) is 0 Å². The van der Waals surface area contributed by atoms with Crippen LogP contribution in [0.5, 0.6) is 11.5 Å². The van der Waals surface area contributed by atoms with Gasteiger partial charge in [0, 0.05) is 25.7 Å². The average molecular weight is 497 g/mol. The summed E-state index contributed by atoms with van der Waals surface area (Å²) in [6.07, 6.45) is 0. The smallest absolute Gasteiger partial charge is 0.247 e. The molecule has 2 aromatic carbocycles. The van der Waals surface area contributed by atoms with Crippen LogP contribution < -0.4 is 9.47 Å².